The molecule has 18 heavy (non-hydrogen) atoms. The summed E-state index contributed by atoms with van der Waals surface area (Å²) in [4.78, 5) is 14.6. The average Bonchev–Trinajstić information content (AvgIpc) is 2.86. The monoisotopic (exact) mass is 264 g/mol. The number of nitrogens with one attached hydrogen (secondary N) is 2. The van der Waals surface area contributed by atoms with Crippen molar-refractivity contribution in [2.24, 2.45) is 0 Å². The van der Waals surface area contributed by atoms with Crippen LogP contribution in [0.2, 0.25) is 0 Å². The Hall–Kier alpha value is -1.53. The third kappa shape index (κ3) is 2.83. The van der Waals surface area contributed by atoms with E-state index in [1.54, 1.807) is 12.4 Å². The molecule has 2 N–H and O–H groups in total. The second-order valence-corrected chi connectivity index (χ2v) is 5.05. The maximum atomic E-state index is 11.7. The van der Waals surface area contributed by atoms with Crippen LogP contribution in [0, 0.1) is 0 Å². The fraction of sp³-hybridized carbons (Fsp3) is 0.417. The first kappa shape index (κ1) is 12.9. The number of aromatic nitrogens is 3. The van der Waals surface area contributed by atoms with Gasteiger partial charge in [0.15, 0.2) is 10.4 Å². The second kappa shape index (κ2) is 5.88. The summed E-state index contributed by atoms with van der Waals surface area (Å²) in [6, 6.07) is 1.66. The molecule has 1 atom stereocenters. The fourth-order valence-corrected chi connectivity index (χ4v) is 2.44. The number of H-pyrrole nitrogens is 1. The Labute approximate surface area is 109 Å². The van der Waals surface area contributed by atoms with E-state index in [1.807, 2.05) is 0 Å². The van der Waals surface area contributed by atoms with E-state index in [-0.39, 0.29) is 11.5 Å². The van der Waals surface area contributed by atoms with E-state index in [4.69, 9.17) is 0 Å². The van der Waals surface area contributed by atoms with E-state index >= 15 is 0 Å². The Morgan fingerprint density at radius 3 is 3.06 bits per heavy atom. The third-order valence-electron chi connectivity index (χ3n) is 2.57. The Bertz CT molecular complexity index is 563. The summed E-state index contributed by atoms with van der Waals surface area (Å²) in [7, 11) is 0. The zero-order valence-corrected chi connectivity index (χ0v) is 11.3. The molecule has 2 heterocycles. The van der Waals surface area contributed by atoms with Crippen molar-refractivity contribution in [3.8, 4) is 10.6 Å². The summed E-state index contributed by atoms with van der Waals surface area (Å²) in [6.45, 7) is 5.12. The van der Waals surface area contributed by atoms with Crippen molar-refractivity contribution in [2.75, 3.05) is 6.54 Å². The maximum Gasteiger partial charge on any atom is 0.191 e. The molecular formula is C12H16N4OS. The molecule has 2 rings (SSSR count). The quantitative estimate of drug-likeness (QED) is 0.866. The number of rotatable bonds is 5. The minimum absolute atomic E-state index is 0.0365. The van der Waals surface area contributed by atoms with Crippen molar-refractivity contribution < 1.29 is 0 Å². The van der Waals surface area contributed by atoms with E-state index < -0.39 is 0 Å². The molecule has 0 spiro atoms. The molecule has 5 nitrogen and oxygen atoms in total. The minimum atomic E-state index is -0.0365. The summed E-state index contributed by atoms with van der Waals surface area (Å²) >= 11 is 1.45. The number of pyridine rings is 1. The van der Waals surface area contributed by atoms with E-state index in [1.165, 1.54) is 17.4 Å². The second-order valence-electron chi connectivity index (χ2n) is 4.04. The first-order chi connectivity index (χ1) is 8.72. The van der Waals surface area contributed by atoms with Crippen LogP contribution in [0.15, 0.2) is 23.3 Å². The molecule has 0 fully saturated rings. The van der Waals surface area contributed by atoms with Gasteiger partial charge in [0, 0.05) is 18.5 Å². The average molecular weight is 264 g/mol. The highest BCUT2D eigenvalue weighted by atomic mass is 32.1. The molecule has 0 aliphatic heterocycles. The van der Waals surface area contributed by atoms with Gasteiger partial charge in [-0.2, -0.15) is 0 Å². The molecule has 6 heteroatoms. The first-order valence-electron chi connectivity index (χ1n) is 5.96. The molecule has 0 aromatic carbocycles. The summed E-state index contributed by atoms with van der Waals surface area (Å²) in [5, 5.41) is 13.1. The van der Waals surface area contributed by atoms with Gasteiger partial charge >= 0.3 is 0 Å². The molecule has 2 aromatic rings. The summed E-state index contributed by atoms with van der Waals surface area (Å²) < 4.78 is 0. The van der Waals surface area contributed by atoms with Crippen LogP contribution >= 0.6 is 11.3 Å². The highest BCUT2D eigenvalue weighted by Crippen LogP contribution is 2.23. The number of aromatic amines is 1. The van der Waals surface area contributed by atoms with E-state index in [2.05, 4.69) is 34.3 Å². The minimum Gasteiger partial charge on any atom is -0.367 e. The maximum absolute atomic E-state index is 11.7. The standard InChI is InChI=1S/C12H16N4OS/c1-3-5-14-8(2)11-15-16-12(18-11)9-7-13-6-4-10(9)17/h4,6-8,14H,3,5H2,1-2H3,(H,13,17). The molecule has 0 saturated carbocycles. The van der Waals surface area contributed by atoms with Gasteiger partial charge in [-0.15, -0.1) is 10.2 Å². The molecule has 2 aromatic heterocycles. The Balaban J connectivity index is 2.21. The van der Waals surface area contributed by atoms with Crippen LogP contribution in [0.5, 0.6) is 0 Å². The van der Waals surface area contributed by atoms with Crippen LogP contribution in [-0.2, 0) is 0 Å². The van der Waals surface area contributed by atoms with Crippen LogP contribution in [0.3, 0.4) is 0 Å². The van der Waals surface area contributed by atoms with E-state index in [0.29, 0.717) is 10.6 Å². The van der Waals surface area contributed by atoms with Gasteiger partial charge in [-0.05, 0) is 19.9 Å². The van der Waals surface area contributed by atoms with Crippen molar-refractivity contribution in [2.45, 2.75) is 26.3 Å². The fourth-order valence-electron chi connectivity index (χ4n) is 1.55. The van der Waals surface area contributed by atoms with Gasteiger partial charge in [-0.3, -0.25) is 4.79 Å². The SMILES string of the molecule is CCCNC(C)c1nnc(-c2c[nH]ccc2=O)s1. The molecule has 0 aliphatic carbocycles. The van der Waals surface area contributed by atoms with Crippen molar-refractivity contribution in [3.05, 3.63) is 33.7 Å². The van der Waals surface area contributed by atoms with Crippen molar-refractivity contribution in [1.82, 2.24) is 20.5 Å². The van der Waals surface area contributed by atoms with Gasteiger partial charge in [0.25, 0.3) is 0 Å². The Kier molecular flexibility index (Phi) is 4.22. The first-order valence-corrected chi connectivity index (χ1v) is 6.78. The van der Waals surface area contributed by atoms with Gasteiger partial charge < -0.3 is 10.3 Å². The summed E-state index contributed by atoms with van der Waals surface area (Å²) in [5.41, 5.74) is 0.537. The number of hydrogen-bond acceptors (Lipinski definition) is 5. The van der Waals surface area contributed by atoms with Crippen LogP contribution in [-0.4, -0.2) is 21.7 Å². The van der Waals surface area contributed by atoms with E-state index in [9.17, 15) is 4.79 Å². The topological polar surface area (TPSA) is 70.7 Å². The van der Waals surface area contributed by atoms with Gasteiger partial charge in [-0.25, -0.2) is 0 Å². The van der Waals surface area contributed by atoms with Crippen molar-refractivity contribution in [1.29, 1.82) is 0 Å². The highest BCUT2D eigenvalue weighted by Gasteiger charge is 2.13. The van der Waals surface area contributed by atoms with Crippen LogP contribution in [0.4, 0.5) is 0 Å². The molecule has 0 amide bonds. The van der Waals surface area contributed by atoms with Gasteiger partial charge in [-0.1, -0.05) is 18.3 Å². The van der Waals surface area contributed by atoms with Crippen LogP contribution < -0.4 is 10.7 Å². The van der Waals surface area contributed by atoms with Crippen molar-refractivity contribution >= 4 is 11.3 Å². The van der Waals surface area contributed by atoms with Crippen LogP contribution in [0.1, 0.15) is 31.3 Å². The normalized spacial score (nSPS) is 12.6. The lowest BCUT2D eigenvalue weighted by Crippen LogP contribution is -2.18. The zero-order chi connectivity index (χ0) is 13.0. The molecule has 96 valence electrons. The van der Waals surface area contributed by atoms with Gasteiger partial charge in [0.1, 0.15) is 5.01 Å². The zero-order valence-electron chi connectivity index (χ0n) is 10.4. The van der Waals surface area contributed by atoms with E-state index in [0.717, 1.165) is 18.0 Å². The van der Waals surface area contributed by atoms with Crippen molar-refractivity contribution in [3.63, 3.8) is 0 Å². The lowest BCUT2D eigenvalue weighted by Gasteiger charge is -2.08. The molecule has 0 aliphatic rings. The van der Waals surface area contributed by atoms with Gasteiger partial charge in [0.2, 0.25) is 0 Å². The number of hydrogen-bond donors (Lipinski definition) is 2. The highest BCUT2D eigenvalue weighted by molar-refractivity contribution is 7.14. The van der Waals surface area contributed by atoms with Gasteiger partial charge in [0.05, 0.1) is 11.6 Å². The predicted octanol–water partition coefficient (Wildman–Crippen LogP) is 1.95. The summed E-state index contributed by atoms with van der Waals surface area (Å²) in [6.07, 6.45) is 4.35. The largest absolute Gasteiger partial charge is 0.367 e. The molecule has 0 radical (unpaired) electrons. The third-order valence-corrected chi connectivity index (χ3v) is 3.71. The molecule has 0 saturated heterocycles. The molecule has 0 bridgehead atoms. The Morgan fingerprint density at radius 2 is 2.33 bits per heavy atom. The predicted molar refractivity (Wildman–Crippen MR) is 72.7 cm³/mol. The molecule has 1 unspecified atom stereocenters. The smallest absolute Gasteiger partial charge is 0.191 e. The Morgan fingerprint density at radius 1 is 1.50 bits per heavy atom. The molecular weight excluding hydrogens is 248 g/mol. The van der Waals surface area contributed by atoms with Crippen LogP contribution in [0.25, 0.3) is 10.6 Å². The number of nitrogens with zero attached hydrogens (tertiary/aromatic N) is 2. The lowest BCUT2D eigenvalue weighted by atomic mass is 10.3. The lowest BCUT2D eigenvalue weighted by molar-refractivity contribution is 0.564. The summed E-state index contributed by atoms with van der Waals surface area (Å²) in [5.74, 6) is 0.